The molecule has 2 aliphatic heterocycles. The first kappa shape index (κ1) is 19.3. The van der Waals surface area contributed by atoms with Crippen LogP contribution in [0.25, 0.3) is 17.2 Å². The monoisotopic (exact) mass is 438 g/mol. The maximum atomic E-state index is 5.99. The van der Waals surface area contributed by atoms with Crippen molar-refractivity contribution in [3.05, 3.63) is 87.4 Å². The molecule has 0 amide bonds. The van der Waals surface area contributed by atoms with E-state index in [0.717, 1.165) is 32.3 Å². The van der Waals surface area contributed by atoms with E-state index in [0.29, 0.717) is 39.6 Å². The van der Waals surface area contributed by atoms with Crippen molar-refractivity contribution in [1.29, 1.82) is 0 Å². The lowest BCUT2D eigenvalue weighted by molar-refractivity contribution is 0.132. The van der Waals surface area contributed by atoms with E-state index in [2.05, 4.69) is 47.3 Å². The van der Waals surface area contributed by atoms with Crippen molar-refractivity contribution in [3.8, 4) is 0 Å². The minimum Gasteiger partial charge on any atom is -0.373 e. The number of hydrogen-bond donors (Lipinski definition) is 0. The van der Waals surface area contributed by atoms with E-state index >= 15 is 0 Å². The highest BCUT2D eigenvalue weighted by atomic mass is 79.9. The van der Waals surface area contributed by atoms with Gasteiger partial charge in [0.1, 0.15) is 0 Å². The molecule has 4 rings (SSSR count). The maximum Gasteiger partial charge on any atom is 0.0738 e. The van der Waals surface area contributed by atoms with Gasteiger partial charge in [-0.15, -0.1) is 0 Å². The Bertz CT molecular complexity index is 944. The number of fused-ring (bicyclic) bond motifs is 3. The Hall–Kier alpha value is -1.98. The fourth-order valence-corrected chi connectivity index (χ4v) is 4.46. The van der Waals surface area contributed by atoms with Gasteiger partial charge in [0.15, 0.2) is 0 Å². The molecule has 28 heavy (non-hydrogen) atoms. The molecule has 0 saturated heterocycles. The van der Waals surface area contributed by atoms with Gasteiger partial charge in [-0.2, -0.15) is 0 Å². The summed E-state index contributed by atoms with van der Waals surface area (Å²) in [6.45, 7) is 11.7. The van der Waals surface area contributed by atoms with Crippen molar-refractivity contribution in [2.45, 2.75) is 19.8 Å². The Balaban J connectivity index is 1.59. The van der Waals surface area contributed by atoms with Crippen LogP contribution in [-0.4, -0.2) is 19.8 Å². The highest BCUT2D eigenvalue weighted by molar-refractivity contribution is 9.10. The molecule has 0 bridgehead atoms. The van der Waals surface area contributed by atoms with Crippen LogP contribution in [0.15, 0.2) is 54.0 Å². The molecule has 2 heterocycles. The molecule has 2 aromatic rings. The molecule has 0 radical (unpaired) electrons. The Morgan fingerprint density at radius 3 is 2.36 bits per heavy atom. The molecule has 0 aliphatic carbocycles. The highest BCUT2D eigenvalue weighted by Gasteiger charge is 2.29. The summed E-state index contributed by atoms with van der Waals surface area (Å²) < 4.78 is 18.5. The molecule has 4 heteroatoms. The fraction of sp³-hybridized carbons (Fsp3) is 0.250. The molecule has 2 aromatic carbocycles. The Labute approximate surface area is 174 Å². The van der Waals surface area contributed by atoms with Crippen LogP contribution in [0.4, 0.5) is 0 Å². The Kier molecular flexibility index (Phi) is 5.93. The van der Waals surface area contributed by atoms with Gasteiger partial charge in [-0.3, -0.25) is 0 Å². The van der Waals surface area contributed by atoms with Gasteiger partial charge >= 0.3 is 0 Å². The molecule has 0 aromatic heterocycles. The van der Waals surface area contributed by atoms with Gasteiger partial charge in [0.05, 0.1) is 39.6 Å². The summed E-state index contributed by atoms with van der Waals surface area (Å²) >= 11 is 3.81. The van der Waals surface area contributed by atoms with Crippen LogP contribution in [0.1, 0.15) is 33.4 Å². The topological polar surface area (TPSA) is 27.7 Å². The van der Waals surface area contributed by atoms with Crippen LogP contribution in [0, 0.1) is 0 Å². The molecular formula is C24H23BrO3. The van der Waals surface area contributed by atoms with Gasteiger partial charge in [-0.25, -0.2) is 0 Å². The van der Waals surface area contributed by atoms with Crippen molar-refractivity contribution < 1.29 is 14.2 Å². The van der Waals surface area contributed by atoms with Crippen molar-refractivity contribution in [3.63, 3.8) is 0 Å². The number of ether oxygens (including phenoxy) is 3. The summed E-state index contributed by atoms with van der Waals surface area (Å²) in [6.07, 6.45) is 4.11. The molecule has 0 unspecified atom stereocenters. The zero-order valence-electron chi connectivity index (χ0n) is 15.8. The minimum absolute atomic E-state index is 0.501. The lowest BCUT2D eigenvalue weighted by atomic mass is 9.84. The number of rotatable bonds is 5. The zero-order valence-corrected chi connectivity index (χ0v) is 17.4. The van der Waals surface area contributed by atoms with Gasteiger partial charge in [-0.05, 0) is 33.4 Å². The van der Waals surface area contributed by atoms with E-state index in [1.165, 1.54) is 16.7 Å². The zero-order chi connectivity index (χ0) is 19.5. The van der Waals surface area contributed by atoms with E-state index in [9.17, 15) is 0 Å². The van der Waals surface area contributed by atoms with E-state index in [1.54, 1.807) is 0 Å². The third kappa shape index (κ3) is 3.78. The Morgan fingerprint density at radius 1 is 0.929 bits per heavy atom. The SMILES string of the molecule is C=C1COCc2c1c(COC/C=C/c1ccccc1)c(Br)c1c2C(=C)COC1. The minimum atomic E-state index is 0.501. The first-order valence-corrected chi connectivity index (χ1v) is 10.1. The van der Waals surface area contributed by atoms with Crippen LogP contribution in [-0.2, 0) is 34.0 Å². The molecule has 0 saturated carbocycles. The second kappa shape index (κ2) is 8.58. The average Bonchev–Trinajstić information content (AvgIpc) is 2.71. The summed E-state index contributed by atoms with van der Waals surface area (Å²) in [4.78, 5) is 0. The molecule has 0 N–H and O–H groups in total. The van der Waals surface area contributed by atoms with Crippen molar-refractivity contribution in [2.24, 2.45) is 0 Å². The Morgan fingerprint density at radius 2 is 1.61 bits per heavy atom. The van der Waals surface area contributed by atoms with Crippen LogP contribution in [0.5, 0.6) is 0 Å². The van der Waals surface area contributed by atoms with E-state index < -0.39 is 0 Å². The average molecular weight is 439 g/mol. The van der Waals surface area contributed by atoms with E-state index in [1.807, 2.05) is 24.3 Å². The predicted octanol–water partition coefficient (Wildman–Crippen LogP) is 5.77. The third-order valence-corrected chi connectivity index (χ3v) is 6.02. The summed E-state index contributed by atoms with van der Waals surface area (Å²) in [5, 5.41) is 0. The maximum absolute atomic E-state index is 5.99. The molecular weight excluding hydrogens is 416 g/mol. The summed E-state index contributed by atoms with van der Waals surface area (Å²) in [6, 6.07) is 10.2. The number of hydrogen-bond acceptors (Lipinski definition) is 3. The lowest BCUT2D eigenvalue weighted by Crippen LogP contribution is -2.20. The summed E-state index contributed by atoms with van der Waals surface area (Å²) in [5.41, 5.74) is 8.90. The van der Waals surface area contributed by atoms with Gasteiger partial charge in [0, 0.05) is 15.6 Å². The van der Waals surface area contributed by atoms with E-state index in [4.69, 9.17) is 14.2 Å². The first-order valence-electron chi connectivity index (χ1n) is 9.34. The molecule has 3 nitrogen and oxygen atoms in total. The molecule has 0 spiro atoms. The quantitative estimate of drug-likeness (QED) is 0.554. The van der Waals surface area contributed by atoms with Gasteiger partial charge in [0.2, 0.25) is 0 Å². The second-order valence-corrected chi connectivity index (χ2v) is 7.81. The highest BCUT2D eigenvalue weighted by Crippen LogP contribution is 2.43. The normalized spacial score (nSPS) is 16.3. The molecule has 0 fully saturated rings. The largest absolute Gasteiger partial charge is 0.373 e. The van der Waals surface area contributed by atoms with Crippen LogP contribution in [0.2, 0.25) is 0 Å². The third-order valence-electron chi connectivity index (χ3n) is 5.06. The standard InChI is InChI=1S/C24H23BrO3/c1-16-11-27-13-19-22(16)20(24(25)21-15-28-12-17(2)23(19)21)14-26-10-6-9-18-7-4-3-5-8-18/h3-9H,1-2,10-15H2/b9-6+. The first-order chi connectivity index (χ1) is 13.7. The number of halogens is 1. The van der Waals surface area contributed by atoms with E-state index in [-0.39, 0.29) is 0 Å². The number of benzene rings is 2. The van der Waals surface area contributed by atoms with Crippen molar-refractivity contribution >= 4 is 33.2 Å². The van der Waals surface area contributed by atoms with Crippen molar-refractivity contribution in [2.75, 3.05) is 19.8 Å². The lowest BCUT2D eigenvalue weighted by Gasteiger charge is -2.31. The predicted molar refractivity (Wildman–Crippen MR) is 117 cm³/mol. The smallest absolute Gasteiger partial charge is 0.0738 e. The molecule has 144 valence electrons. The second-order valence-electron chi connectivity index (χ2n) is 7.02. The van der Waals surface area contributed by atoms with Crippen LogP contribution >= 0.6 is 15.9 Å². The van der Waals surface area contributed by atoms with Gasteiger partial charge < -0.3 is 14.2 Å². The van der Waals surface area contributed by atoms with Crippen LogP contribution in [0.3, 0.4) is 0 Å². The fourth-order valence-electron chi connectivity index (χ4n) is 3.83. The summed E-state index contributed by atoms with van der Waals surface area (Å²) in [5.74, 6) is 0. The van der Waals surface area contributed by atoms with Crippen molar-refractivity contribution in [1.82, 2.24) is 0 Å². The molecule has 2 aliphatic rings. The van der Waals surface area contributed by atoms with Crippen LogP contribution < -0.4 is 0 Å². The summed E-state index contributed by atoms with van der Waals surface area (Å²) in [7, 11) is 0. The van der Waals surface area contributed by atoms with Gasteiger partial charge in [-0.1, -0.05) is 71.6 Å². The van der Waals surface area contributed by atoms with Gasteiger partial charge in [0.25, 0.3) is 0 Å². The molecule has 0 atom stereocenters.